The topological polar surface area (TPSA) is 67.2 Å². The van der Waals surface area contributed by atoms with Crippen LogP contribution in [0.5, 0.6) is 0 Å². The third-order valence-corrected chi connectivity index (χ3v) is 3.71. The second kappa shape index (κ2) is 5.77. The zero-order valence-electron chi connectivity index (χ0n) is 12.6. The first-order valence-corrected chi connectivity index (χ1v) is 7.65. The molecule has 0 radical (unpaired) electrons. The van der Waals surface area contributed by atoms with E-state index < -0.39 is 5.54 Å². The number of hydrogen-bond donors (Lipinski definition) is 2. The van der Waals surface area contributed by atoms with Gasteiger partial charge in [-0.15, -0.1) is 0 Å². The minimum absolute atomic E-state index is 0.132. The van der Waals surface area contributed by atoms with Gasteiger partial charge in [0.15, 0.2) is 5.69 Å². The molecule has 2 rings (SSSR count). The number of amides is 1. The van der Waals surface area contributed by atoms with Crippen molar-refractivity contribution in [2.75, 3.05) is 6.61 Å². The van der Waals surface area contributed by atoms with Gasteiger partial charge >= 0.3 is 0 Å². The van der Waals surface area contributed by atoms with Gasteiger partial charge in [-0.25, -0.2) is 0 Å². The monoisotopic (exact) mass is 353 g/mol. The van der Waals surface area contributed by atoms with Crippen molar-refractivity contribution < 1.29 is 9.90 Å². The van der Waals surface area contributed by atoms with Crippen molar-refractivity contribution in [3.63, 3.8) is 0 Å². The van der Waals surface area contributed by atoms with Crippen molar-refractivity contribution in [2.24, 2.45) is 0 Å². The first-order chi connectivity index (χ1) is 9.75. The molecule has 0 spiro atoms. The Kier molecular flexibility index (Phi) is 4.39. The minimum Gasteiger partial charge on any atom is -0.394 e. The molecular weight excluding hydrogens is 334 g/mol. The van der Waals surface area contributed by atoms with Crippen LogP contribution >= 0.6 is 15.9 Å². The molecule has 21 heavy (non-hydrogen) atoms. The second-order valence-corrected chi connectivity index (χ2v) is 6.96. The van der Waals surface area contributed by atoms with Crippen LogP contribution in [-0.4, -0.2) is 32.9 Å². The van der Waals surface area contributed by atoms with E-state index >= 15 is 0 Å². The summed E-state index contributed by atoms with van der Waals surface area (Å²) >= 11 is 3.45. The lowest BCUT2D eigenvalue weighted by Crippen LogP contribution is -2.46. The fraction of sp³-hybridized carbons (Fsp3) is 0.467. The molecule has 0 saturated heterocycles. The van der Waals surface area contributed by atoms with Crippen molar-refractivity contribution in [1.82, 2.24) is 15.1 Å². The molecule has 0 saturated carbocycles. The second-order valence-electron chi connectivity index (χ2n) is 6.04. The lowest BCUT2D eigenvalue weighted by molar-refractivity contribution is 0.0865. The summed E-state index contributed by atoms with van der Waals surface area (Å²) < 4.78 is 2.78. The zero-order chi connectivity index (χ0) is 15.8. The number of nitrogens with zero attached hydrogens (tertiary/aromatic N) is 2. The van der Waals surface area contributed by atoms with E-state index in [9.17, 15) is 9.90 Å². The van der Waals surface area contributed by atoms with Crippen LogP contribution in [0.1, 0.15) is 44.2 Å². The number of aromatic nitrogens is 2. The van der Waals surface area contributed by atoms with Gasteiger partial charge < -0.3 is 10.4 Å². The number of halogens is 1. The van der Waals surface area contributed by atoms with Gasteiger partial charge in [0, 0.05) is 15.9 Å². The number of fused-ring (bicyclic) bond motifs is 1. The van der Waals surface area contributed by atoms with Crippen molar-refractivity contribution in [1.29, 1.82) is 0 Å². The molecule has 1 aromatic carbocycles. The maximum atomic E-state index is 12.4. The maximum absolute atomic E-state index is 12.4. The summed E-state index contributed by atoms with van der Waals surface area (Å²) in [7, 11) is 0. The Morgan fingerprint density at radius 3 is 2.71 bits per heavy atom. The summed E-state index contributed by atoms with van der Waals surface area (Å²) in [5.41, 5.74) is 0.611. The standard InChI is InChI=1S/C15H20BrN3O2/c1-9(2)19-12-7-10(16)5-6-11(12)13(18-19)14(21)17-15(3,4)8-20/h5-7,9,20H,8H2,1-4H3,(H,17,21). The van der Waals surface area contributed by atoms with Crippen LogP contribution in [0, 0.1) is 0 Å². The number of aliphatic hydroxyl groups excluding tert-OH is 1. The Morgan fingerprint density at radius 1 is 1.48 bits per heavy atom. The lowest BCUT2D eigenvalue weighted by Gasteiger charge is -2.22. The molecule has 1 amide bonds. The van der Waals surface area contributed by atoms with Gasteiger partial charge in [0.25, 0.3) is 5.91 Å². The molecule has 1 heterocycles. The van der Waals surface area contributed by atoms with E-state index in [0.29, 0.717) is 5.69 Å². The molecule has 2 N–H and O–H groups in total. The van der Waals surface area contributed by atoms with Gasteiger partial charge in [0.1, 0.15) is 0 Å². The third kappa shape index (κ3) is 3.27. The van der Waals surface area contributed by atoms with E-state index in [0.717, 1.165) is 15.4 Å². The molecule has 0 fully saturated rings. The minimum atomic E-state index is -0.680. The van der Waals surface area contributed by atoms with Gasteiger partial charge in [0.05, 0.1) is 17.7 Å². The summed E-state index contributed by atoms with van der Waals surface area (Å²) in [5.74, 6) is -0.277. The lowest BCUT2D eigenvalue weighted by atomic mass is 10.1. The normalized spacial score (nSPS) is 12.1. The number of aliphatic hydroxyl groups is 1. The summed E-state index contributed by atoms with van der Waals surface area (Å²) in [6.45, 7) is 7.44. The molecule has 0 bridgehead atoms. The zero-order valence-corrected chi connectivity index (χ0v) is 14.2. The Bertz CT molecular complexity index is 677. The van der Waals surface area contributed by atoms with Gasteiger partial charge in [-0.05, 0) is 45.9 Å². The molecule has 6 heteroatoms. The molecule has 2 aromatic rings. The number of nitrogens with one attached hydrogen (secondary N) is 1. The van der Waals surface area contributed by atoms with Crippen LogP contribution in [-0.2, 0) is 0 Å². The van der Waals surface area contributed by atoms with Crippen molar-refractivity contribution in [2.45, 2.75) is 39.3 Å². The van der Waals surface area contributed by atoms with Gasteiger partial charge in [-0.1, -0.05) is 15.9 Å². The van der Waals surface area contributed by atoms with Crippen LogP contribution < -0.4 is 5.32 Å². The van der Waals surface area contributed by atoms with Crippen LogP contribution in [0.4, 0.5) is 0 Å². The number of benzene rings is 1. The van der Waals surface area contributed by atoms with Crippen LogP contribution in [0.3, 0.4) is 0 Å². The van der Waals surface area contributed by atoms with Crippen molar-refractivity contribution in [3.05, 3.63) is 28.4 Å². The fourth-order valence-electron chi connectivity index (χ4n) is 2.08. The van der Waals surface area contributed by atoms with Crippen LogP contribution in [0.2, 0.25) is 0 Å². The predicted octanol–water partition coefficient (Wildman–Crippen LogP) is 2.88. The molecule has 0 atom stereocenters. The highest BCUT2D eigenvalue weighted by atomic mass is 79.9. The molecular formula is C15H20BrN3O2. The quantitative estimate of drug-likeness (QED) is 0.887. The average molecular weight is 354 g/mol. The molecule has 0 unspecified atom stereocenters. The molecule has 0 aliphatic heterocycles. The number of hydrogen-bond acceptors (Lipinski definition) is 3. The largest absolute Gasteiger partial charge is 0.394 e. The average Bonchev–Trinajstić information content (AvgIpc) is 2.77. The van der Waals surface area contributed by atoms with E-state index in [1.54, 1.807) is 13.8 Å². The highest BCUT2D eigenvalue weighted by molar-refractivity contribution is 9.10. The van der Waals surface area contributed by atoms with E-state index in [1.165, 1.54) is 0 Å². The van der Waals surface area contributed by atoms with E-state index in [-0.39, 0.29) is 18.6 Å². The van der Waals surface area contributed by atoms with E-state index in [4.69, 9.17) is 0 Å². The predicted molar refractivity (Wildman–Crippen MR) is 86.4 cm³/mol. The highest BCUT2D eigenvalue weighted by Crippen LogP contribution is 2.25. The molecule has 5 nitrogen and oxygen atoms in total. The smallest absolute Gasteiger partial charge is 0.272 e. The summed E-state index contributed by atoms with van der Waals surface area (Å²) in [5, 5.41) is 17.3. The maximum Gasteiger partial charge on any atom is 0.272 e. The first kappa shape index (κ1) is 16.0. The summed E-state index contributed by atoms with van der Waals surface area (Å²) in [6, 6.07) is 5.87. The van der Waals surface area contributed by atoms with Crippen LogP contribution in [0.15, 0.2) is 22.7 Å². The third-order valence-electron chi connectivity index (χ3n) is 3.22. The number of carbonyl (C=O) groups excluding carboxylic acids is 1. The number of rotatable bonds is 4. The highest BCUT2D eigenvalue weighted by Gasteiger charge is 2.24. The fourth-order valence-corrected chi connectivity index (χ4v) is 2.43. The van der Waals surface area contributed by atoms with Crippen LogP contribution in [0.25, 0.3) is 10.9 Å². The van der Waals surface area contributed by atoms with Gasteiger partial charge in [-0.3, -0.25) is 9.48 Å². The summed E-state index contributed by atoms with van der Waals surface area (Å²) in [4.78, 5) is 12.4. The Morgan fingerprint density at radius 2 is 2.14 bits per heavy atom. The molecule has 114 valence electrons. The molecule has 0 aliphatic rings. The SMILES string of the molecule is CC(C)n1nc(C(=O)NC(C)(C)CO)c2ccc(Br)cc21. The summed E-state index contributed by atoms with van der Waals surface area (Å²) in [6.07, 6.45) is 0. The number of carbonyl (C=O) groups is 1. The Hall–Kier alpha value is -1.40. The Balaban J connectivity index is 2.52. The van der Waals surface area contributed by atoms with E-state index in [2.05, 4.69) is 26.3 Å². The molecule has 0 aliphatic carbocycles. The van der Waals surface area contributed by atoms with Crippen molar-refractivity contribution >= 4 is 32.7 Å². The Labute approximate surface area is 132 Å². The first-order valence-electron chi connectivity index (χ1n) is 6.86. The van der Waals surface area contributed by atoms with Crippen molar-refractivity contribution in [3.8, 4) is 0 Å². The van der Waals surface area contributed by atoms with Gasteiger partial charge in [-0.2, -0.15) is 5.10 Å². The molecule has 1 aromatic heterocycles. The van der Waals surface area contributed by atoms with E-state index in [1.807, 2.05) is 36.7 Å². The van der Waals surface area contributed by atoms with Gasteiger partial charge in [0.2, 0.25) is 0 Å².